The van der Waals surface area contributed by atoms with Gasteiger partial charge >= 0.3 is 0 Å². The molecule has 0 unspecified atom stereocenters. The molecule has 0 radical (unpaired) electrons. The summed E-state index contributed by atoms with van der Waals surface area (Å²) in [6.45, 7) is 10.3. The van der Waals surface area contributed by atoms with Gasteiger partial charge in [-0.25, -0.2) is 0 Å². The molecule has 2 nitrogen and oxygen atoms in total. The highest BCUT2D eigenvalue weighted by atomic mass is 16.5. The summed E-state index contributed by atoms with van der Waals surface area (Å²) in [5, 5.41) is 3.41. The SMILES string of the molecule is CCCc1cccc(OCCNC(C)(C)C)c1. The zero-order valence-corrected chi connectivity index (χ0v) is 11.5. The van der Waals surface area contributed by atoms with Crippen LogP contribution in [0.4, 0.5) is 0 Å². The average Bonchev–Trinajstić information content (AvgIpc) is 2.24. The van der Waals surface area contributed by atoms with Crippen LogP contribution in [-0.2, 0) is 6.42 Å². The van der Waals surface area contributed by atoms with Gasteiger partial charge in [-0.2, -0.15) is 0 Å². The fourth-order valence-electron chi connectivity index (χ4n) is 1.67. The molecule has 17 heavy (non-hydrogen) atoms. The van der Waals surface area contributed by atoms with Gasteiger partial charge in [-0.15, -0.1) is 0 Å². The summed E-state index contributed by atoms with van der Waals surface area (Å²) in [7, 11) is 0. The van der Waals surface area contributed by atoms with Crippen molar-refractivity contribution in [3.63, 3.8) is 0 Å². The maximum atomic E-state index is 5.73. The molecule has 0 aliphatic carbocycles. The van der Waals surface area contributed by atoms with Crippen LogP contribution in [0.2, 0.25) is 0 Å². The molecule has 0 spiro atoms. The van der Waals surface area contributed by atoms with Crippen LogP contribution >= 0.6 is 0 Å². The smallest absolute Gasteiger partial charge is 0.119 e. The standard InChI is InChI=1S/C15H25NO/c1-5-7-13-8-6-9-14(12-13)17-11-10-16-15(2,3)4/h6,8-9,12,16H,5,7,10-11H2,1-4H3. The highest BCUT2D eigenvalue weighted by Crippen LogP contribution is 2.14. The fourth-order valence-corrected chi connectivity index (χ4v) is 1.67. The van der Waals surface area contributed by atoms with Crippen molar-refractivity contribution >= 4 is 0 Å². The van der Waals surface area contributed by atoms with Crippen molar-refractivity contribution < 1.29 is 4.74 Å². The predicted octanol–water partition coefficient (Wildman–Crippen LogP) is 3.41. The van der Waals surface area contributed by atoms with E-state index in [4.69, 9.17) is 4.74 Å². The Balaban J connectivity index is 2.34. The number of rotatable bonds is 6. The normalized spacial score (nSPS) is 11.5. The van der Waals surface area contributed by atoms with E-state index in [2.05, 4.69) is 51.2 Å². The lowest BCUT2D eigenvalue weighted by Crippen LogP contribution is -2.38. The molecule has 96 valence electrons. The Kier molecular flexibility index (Phi) is 5.49. The number of hydrogen-bond donors (Lipinski definition) is 1. The minimum Gasteiger partial charge on any atom is -0.492 e. The van der Waals surface area contributed by atoms with Crippen LogP contribution in [0.15, 0.2) is 24.3 Å². The monoisotopic (exact) mass is 235 g/mol. The van der Waals surface area contributed by atoms with Crippen molar-refractivity contribution in [3.8, 4) is 5.75 Å². The first-order valence-corrected chi connectivity index (χ1v) is 6.48. The van der Waals surface area contributed by atoms with Gasteiger partial charge in [0.2, 0.25) is 0 Å². The number of hydrogen-bond acceptors (Lipinski definition) is 2. The van der Waals surface area contributed by atoms with Gasteiger partial charge in [-0.3, -0.25) is 0 Å². The molecule has 0 heterocycles. The van der Waals surface area contributed by atoms with Gasteiger partial charge in [0.15, 0.2) is 0 Å². The topological polar surface area (TPSA) is 21.3 Å². The maximum Gasteiger partial charge on any atom is 0.119 e. The lowest BCUT2D eigenvalue weighted by atomic mass is 10.1. The van der Waals surface area contributed by atoms with E-state index in [1.54, 1.807) is 0 Å². The minimum atomic E-state index is 0.160. The summed E-state index contributed by atoms with van der Waals surface area (Å²) < 4.78 is 5.73. The molecule has 0 aliphatic rings. The number of benzene rings is 1. The molecule has 0 saturated carbocycles. The molecule has 1 N–H and O–H groups in total. The first-order valence-electron chi connectivity index (χ1n) is 6.48. The van der Waals surface area contributed by atoms with Gasteiger partial charge in [-0.1, -0.05) is 25.5 Å². The largest absolute Gasteiger partial charge is 0.492 e. The number of nitrogens with one attached hydrogen (secondary N) is 1. The third kappa shape index (κ3) is 6.32. The zero-order chi connectivity index (χ0) is 12.7. The highest BCUT2D eigenvalue weighted by molar-refractivity contribution is 5.28. The summed E-state index contributed by atoms with van der Waals surface area (Å²) in [5.74, 6) is 0.978. The van der Waals surface area contributed by atoms with Crippen molar-refractivity contribution in [1.82, 2.24) is 5.32 Å². The maximum absolute atomic E-state index is 5.73. The Hall–Kier alpha value is -1.02. The van der Waals surface area contributed by atoms with Crippen LogP contribution in [0.1, 0.15) is 39.7 Å². The Morgan fingerprint density at radius 3 is 2.65 bits per heavy atom. The second-order valence-corrected chi connectivity index (χ2v) is 5.42. The summed E-state index contributed by atoms with van der Waals surface area (Å²) in [4.78, 5) is 0. The van der Waals surface area contributed by atoms with Crippen LogP contribution in [0.25, 0.3) is 0 Å². The van der Waals surface area contributed by atoms with Gasteiger partial charge in [0.25, 0.3) is 0 Å². The van der Waals surface area contributed by atoms with Gasteiger partial charge < -0.3 is 10.1 Å². The number of aryl methyl sites for hydroxylation is 1. The second kappa shape index (κ2) is 6.65. The minimum absolute atomic E-state index is 0.160. The second-order valence-electron chi connectivity index (χ2n) is 5.42. The van der Waals surface area contributed by atoms with E-state index >= 15 is 0 Å². The third-order valence-corrected chi connectivity index (χ3v) is 2.46. The van der Waals surface area contributed by atoms with E-state index in [0.717, 1.165) is 18.7 Å². The number of ether oxygens (including phenoxy) is 1. The van der Waals surface area contributed by atoms with Gasteiger partial charge in [0.1, 0.15) is 12.4 Å². The lowest BCUT2D eigenvalue weighted by molar-refractivity contribution is 0.291. The van der Waals surface area contributed by atoms with Crippen LogP contribution in [-0.4, -0.2) is 18.7 Å². The predicted molar refractivity (Wildman–Crippen MR) is 73.7 cm³/mol. The molecule has 2 heteroatoms. The van der Waals surface area contributed by atoms with Crippen molar-refractivity contribution in [3.05, 3.63) is 29.8 Å². The van der Waals surface area contributed by atoms with E-state index in [-0.39, 0.29) is 5.54 Å². The first kappa shape index (κ1) is 14.0. The molecule has 1 aromatic carbocycles. The summed E-state index contributed by atoms with van der Waals surface area (Å²) in [5.41, 5.74) is 1.52. The first-order chi connectivity index (χ1) is 8.01. The van der Waals surface area contributed by atoms with E-state index in [0.29, 0.717) is 6.61 Å². The van der Waals surface area contributed by atoms with Crippen LogP contribution in [0.5, 0.6) is 5.75 Å². The molecule has 0 fully saturated rings. The molecule has 0 amide bonds. The van der Waals surface area contributed by atoms with Crippen molar-refractivity contribution in [1.29, 1.82) is 0 Å². The van der Waals surface area contributed by atoms with E-state index in [1.165, 1.54) is 12.0 Å². The molecule has 0 saturated heterocycles. The summed E-state index contributed by atoms with van der Waals surface area (Å²) in [6, 6.07) is 8.39. The van der Waals surface area contributed by atoms with Gasteiger partial charge in [-0.05, 0) is 44.9 Å². The van der Waals surface area contributed by atoms with E-state index < -0.39 is 0 Å². The molecular weight excluding hydrogens is 210 g/mol. The van der Waals surface area contributed by atoms with Gasteiger partial charge in [0.05, 0.1) is 0 Å². The highest BCUT2D eigenvalue weighted by Gasteiger charge is 2.07. The third-order valence-electron chi connectivity index (χ3n) is 2.46. The Morgan fingerprint density at radius 2 is 2.00 bits per heavy atom. The molecule has 0 aromatic heterocycles. The summed E-state index contributed by atoms with van der Waals surface area (Å²) in [6.07, 6.45) is 2.30. The van der Waals surface area contributed by atoms with Crippen LogP contribution < -0.4 is 10.1 Å². The van der Waals surface area contributed by atoms with E-state index in [1.807, 2.05) is 6.07 Å². The van der Waals surface area contributed by atoms with E-state index in [9.17, 15) is 0 Å². The molecule has 1 aromatic rings. The molecule has 0 aliphatic heterocycles. The van der Waals surface area contributed by atoms with Gasteiger partial charge in [0, 0.05) is 12.1 Å². The molecular formula is C15H25NO. The lowest BCUT2D eigenvalue weighted by Gasteiger charge is -2.20. The van der Waals surface area contributed by atoms with Crippen LogP contribution in [0.3, 0.4) is 0 Å². The summed E-state index contributed by atoms with van der Waals surface area (Å²) >= 11 is 0. The average molecular weight is 235 g/mol. The molecule has 0 bridgehead atoms. The Morgan fingerprint density at radius 1 is 1.24 bits per heavy atom. The quantitative estimate of drug-likeness (QED) is 0.763. The zero-order valence-electron chi connectivity index (χ0n) is 11.5. The Bertz CT molecular complexity index is 328. The fraction of sp³-hybridized carbons (Fsp3) is 0.600. The van der Waals surface area contributed by atoms with Crippen molar-refractivity contribution in [2.24, 2.45) is 0 Å². The van der Waals surface area contributed by atoms with Crippen molar-refractivity contribution in [2.75, 3.05) is 13.2 Å². The van der Waals surface area contributed by atoms with Crippen molar-refractivity contribution in [2.45, 2.75) is 46.1 Å². The van der Waals surface area contributed by atoms with Crippen LogP contribution in [0, 0.1) is 0 Å². The molecule has 0 atom stereocenters. The Labute approximate surface area is 105 Å². The molecule has 1 rings (SSSR count).